The summed E-state index contributed by atoms with van der Waals surface area (Å²) in [5.41, 5.74) is 2.72. The molecule has 1 unspecified atom stereocenters. The van der Waals surface area contributed by atoms with E-state index in [-0.39, 0.29) is 11.9 Å². The summed E-state index contributed by atoms with van der Waals surface area (Å²) in [6.07, 6.45) is 0.960. The SMILES string of the molecule is O=[N+]([O-])c1ccc(NCCN=C2NC(c3ccc(Cl)cc3Cl)Nc3ccccc32)nc1. The fourth-order valence-electron chi connectivity index (χ4n) is 3.19. The van der Waals surface area contributed by atoms with Crippen LogP contribution >= 0.6 is 23.2 Å². The molecule has 1 aromatic heterocycles. The quantitative estimate of drug-likeness (QED) is 0.277. The third-order valence-corrected chi connectivity index (χ3v) is 5.25. The highest BCUT2D eigenvalue weighted by molar-refractivity contribution is 6.35. The lowest BCUT2D eigenvalue weighted by molar-refractivity contribution is -0.385. The molecular weight excluding hydrogens is 439 g/mol. The predicted molar refractivity (Wildman–Crippen MR) is 123 cm³/mol. The molecule has 3 N–H and O–H groups in total. The Hall–Kier alpha value is -3.36. The molecule has 0 spiro atoms. The van der Waals surface area contributed by atoms with Crippen molar-refractivity contribution in [2.24, 2.45) is 4.99 Å². The van der Waals surface area contributed by atoms with E-state index in [9.17, 15) is 10.1 Å². The van der Waals surface area contributed by atoms with E-state index in [1.165, 1.54) is 12.3 Å². The van der Waals surface area contributed by atoms with E-state index in [2.05, 4.69) is 20.9 Å². The van der Waals surface area contributed by atoms with Crippen LogP contribution in [0, 0.1) is 10.1 Å². The summed E-state index contributed by atoms with van der Waals surface area (Å²) in [7, 11) is 0. The third-order valence-electron chi connectivity index (χ3n) is 4.68. The minimum atomic E-state index is -0.480. The van der Waals surface area contributed by atoms with Crippen LogP contribution in [0.1, 0.15) is 17.3 Å². The Morgan fingerprint density at radius 1 is 1.13 bits per heavy atom. The van der Waals surface area contributed by atoms with Crippen LogP contribution in [0.2, 0.25) is 10.0 Å². The van der Waals surface area contributed by atoms with Gasteiger partial charge in [0.05, 0.1) is 11.5 Å². The Kier molecular flexibility index (Phi) is 6.20. The number of nitro groups is 1. The van der Waals surface area contributed by atoms with Gasteiger partial charge in [0.25, 0.3) is 5.69 Å². The number of hydrogen-bond acceptors (Lipinski definition) is 6. The molecule has 0 radical (unpaired) electrons. The maximum absolute atomic E-state index is 10.7. The molecule has 31 heavy (non-hydrogen) atoms. The zero-order valence-electron chi connectivity index (χ0n) is 16.2. The van der Waals surface area contributed by atoms with Crippen LogP contribution in [-0.4, -0.2) is 28.8 Å². The first-order valence-corrected chi connectivity index (χ1v) is 10.2. The number of hydrogen-bond donors (Lipinski definition) is 3. The maximum atomic E-state index is 10.7. The zero-order chi connectivity index (χ0) is 21.8. The number of amidine groups is 1. The predicted octanol–water partition coefficient (Wildman–Crippen LogP) is 4.87. The fraction of sp³-hybridized carbons (Fsp3) is 0.143. The van der Waals surface area contributed by atoms with E-state index < -0.39 is 4.92 Å². The third kappa shape index (κ3) is 4.87. The average molecular weight is 457 g/mol. The molecule has 0 fully saturated rings. The number of pyridine rings is 1. The second kappa shape index (κ2) is 9.20. The second-order valence-electron chi connectivity index (χ2n) is 6.75. The van der Waals surface area contributed by atoms with Gasteiger partial charge in [0, 0.05) is 39.5 Å². The van der Waals surface area contributed by atoms with Crippen molar-refractivity contribution in [2.75, 3.05) is 23.7 Å². The normalized spacial score (nSPS) is 16.2. The minimum absolute atomic E-state index is 0.0480. The summed E-state index contributed by atoms with van der Waals surface area (Å²) in [5.74, 6) is 1.29. The van der Waals surface area contributed by atoms with Crippen molar-refractivity contribution >= 4 is 46.2 Å². The highest BCUT2D eigenvalue weighted by Gasteiger charge is 2.24. The van der Waals surface area contributed by atoms with Crippen molar-refractivity contribution in [3.63, 3.8) is 0 Å². The first-order chi connectivity index (χ1) is 15.0. The summed E-state index contributed by atoms with van der Waals surface area (Å²) < 4.78 is 0. The molecule has 10 heteroatoms. The zero-order valence-corrected chi connectivity index (χ0v) is 17.7. The van der Waals surface area contributed by atoms with Crippen molar-refractivity contribution in [2.45, 2.75) is 6.17 Å². The Morgan fingerprint density at radius 2 is 1.97 bits per heavy atom. The average Bonchev–Trinajstić information content (AvgIpc) is 2.76. The monoisotopic (exact) mass is 456 g/mol. The first kappa shape index (κ1) is 20.9. The Morgan fingerprint density at radius 3 is 2.71 bits per heavy atom. The molecule has 1 aliphatic heterocycles. The van der Waals surface area contributed by atoms with Crippen LogP contribution < -0.4 is 16.0 Å². The van der Waals surface area contributed by atoms with Crippen molar-refractivity contribution in [1.82, 2.24) is 10.3 Å². The van der Waals surface area contributed by atoms with Gasteiger partial charge < -0.3 is 16.0 Å². The number of fused-ring (bicyclic) bond motifs is 1. The standard InChI is InChI=1S/C21H18Cl2N6O2/c22-13-5-7-15(17(23)11-13)21-27-18-4-2-1-3-16(18)20(28-21)25-10-9-24-19-8-6-14(12-26-19)29(30)31/h1-8,11-12,21,27H,9-10H2,(H,24,26)(H,25,28). The highest BCUT2D eigenvalue weighted by Crippen LogP contribution is 2.31. The number of para-hydroxylation sites is 1. The van der Waals surface area contributed by atoms with Crippen LogP contribution in [0.15, 0.2) is 65.8 Å². The number of rotatable bonds is 6. The Balaban J connectivity index is 1.48. The van der Waals surface area contributed by atoms with Gasteiger partial charge in [-0.05, 0) is 30.3 Å². The van der Waals surface area contributed by atoms with Gasteiger partial charge in [-0.2, -0.15) is 0 Å². The highest BCUT2D eigenvalue weighted by atomic mass is 35.5. The van der Waals surface area contributed by atoms with Crippen LogP contribution in [0.3, 0.4) is 0 Å². The van der Waals surface area contributed by atoms with Gasteiger partial charge in [-0.15, -0.1) is 0 Å². The number of benzene rings is 2. The minimum Gasteiger partial charge on any atom is -0.368 e. The van der Waals surface area contributed by atoms with E-state index in [1.54, 1.807) is 18.2 Å². The summed E-state index contributed by atoms with van der Waals surface area (Å²) in [6, 6.07) is 16.2. The molecule has 0 bridgehead atoms. The van der Waals surface area contributed by atoms with Crippen LogP contribution in [0.25, 0.3) is 0 Å². The molecule has 8 nitrogen and oxygen atoms in total. The number of aliphatic imine (C=N–C) groups is 1. The maximum Gasteiger partial charge on any atom is 0.287 e. The van der Waals surface area contributed by atoms with Gasteiger partial charge in [-0.1, -0.05) is 41.4 Å². The molecule has 3 aromatic rings. The topological polar surface area (TPSA) is 104 Å². The smallest absolute Gasteiger partial charge is 0.287 e. The number of aromatic nitrogens is 1. The molecule has 2 heterocycles. The van der Waals surface area contributed by atoms with Gasteiger partial charge in [0.2, 0.25) is 0 Å². The summed E-state index contributed by atoms with van der Waals surface area (Å²) >= 11 is 12.4. The summed E-state index contributed by atoms with van der Waals surface area (Å²) in [5, 5.41) is 21.8. The molecule has 1 aliphatic rings. The molecule has 158 valence electrons. The van der Waals surface area contributed by atoms with Crippen LogP contribution in [0.5, 0.6) is 0 Å². The summed E-state index contributed by atoms with van der Waals surface area (Å²) in [6.45, 7) is 0.981. The molecule has 0 aliphatic carbocycles. The lowest BCUT2D eigenvalue weighted by atomic mass is 10.1. The molecule has 4 rings (SSSR count). The summed E-state index contributed by atoms with van der Waals surface area (Å²) in [4.78, 5) is 19.0. The Labute approximate surface area is 188 Å². The second-order valence-corrected chi connectivity index (χ2v) is 7.59. The lowest BCUT2D eigenvalue weighted by Gasteiger charge is -2.31. The number of nitrogens with zero attached hydrogens (tertiary/aromatic N) is 3. The Bertz CT molecular complexity index is 1140. The van der Waals surface area contributed by atoms with Crippen molar-refractivity contribution in [3.8, 4) is 0 Å². The molecule has 0 saturated carbocycles. The molecular formula is C21H18Cl2N6O2. The van der Waals surface area contributed by atoms with Crippen LogP contribution in [0.4, 0.5) is 17.2 Å². The molecule has 0 saturated heterocycles. The van der Waals surface area contributed by atoms with Crippen molar-refractivity contribution in [1.29, 1.82) is 0 Å². The van der Waals surface area contributed by atoms with E-state index >= 15 is 0 Å². The van der Waals surface area contributed by atoms with Gasteiger partial charge in [-0.25, -0.2) is 4.98 Å². The number of anilines is 2. The van der Waals surface area contributed by atoms with Gasteiger partial charge in [0.15, 0.2) is 0 Å². The fourth-order valence-corrected chi connectivity index (χ4v) is 3.71. The van der Waals surface area contributed by atoms with E-state index in [1.807, 2.05) is 30.3 Å². The van der Waals surface area contributed by atoms with Gasteiger partial charge >= 0.3 is 0 Å². The molecule has 2 aromatic carbocycles. The lowest BCUT2D eigenvalue weighted by Crippen LogP contribution is -2.39. The largest absolute Gasteiger partial charge is 0.368 e. The first-order valence-electron chi connectivity index (χ1n) is 9.47. The van der Waals surface area contributed by atoms with E-state index in [0.717, 1.165) is 22.6 Å². The van der Waals surface area contributed by atoms with Crippen molar-refractivity contribution < 1.29 is 4.92 Å². The molecule has 1 atom stereocenters. The number of halogens is 2. The van der Waals surface area contributed by atoms with E-state index in [4.69, 9.17) is 28.2 Å². The number of nitrogens with one attached hydrogen (secondary N) is 3. The van der Waals surface area contributed by atoms with Crippen molar-refractivity contribution in [3.05, 3.63) is 92.1 Å². The van der Waals surface area contributed by atoms with Gasteiger partial charge in [-0.3, -0.25) is 15.1 Å². The molecule has 0 amide bonds. The van der Waals surface area contributed by atoms with E-state index in [0.29, 0.717) is 29.0 Å². The van der Waals surface area contributed by atoms with Crippen LogP contribution in [-0.2, 0) is 0 Å². The van der Waals surface area contributed by atoms with Gasteiger partial charge in [0.1, 0.15) is 24.0 Å².